The third kappa shape index (κ3) is 4.57. The van der Waals surface area contributed by atoms with Gasteiger partial charge < -0.3 is 9.88 Å². The molecule has 2 aromatic heterocycles. The second-order valence-corrected chi connectivity index (χ2v) is 9.79. The lowest BCUT2D eigenvalue weighted by atomic mass is 9.98. The highest BCUT2D eigenvalue weighted by Crippen LogP contribution is 2.30. The van der Waals surface area contributed by atoms with Crippen LogP contribution in [0.3, 0.4) is 0 Å². The van der Waals surface area contributed by atoms with Crippen molar-refractivity contribution in [2.75, 3.05) is 12.3 Å². The molecule has 1 amide bonds. The zero-order chi connectivity index (χ0) is 19.6. The van der Waals surface area contributed by atoms with Crippen molar-refractivity contribution in [2.24, 2.45) is 5.92 Å². The lowest BCUT2D eigenvalue weighted by molar-refractivity contribution is -0.131. The van der Waals surface area contributed by atoms with E-state index in [2.05, 4.69) is 37.7 Å². The number of likely N-dealkylation sites (tertiary alicyclic amines) is 1. The molecule has 1 aliphatic rings. The molecule has 7 heteroatoms. The average Bonchev–Trinajstić information content (AvgIpc) is 2.95. The van der Waals surface area contributed by atoms with Crippen molar-refractivity contribution in [2.45, 2.75) is 71.0 Å². The van der Waals surface area contributed by atoms with Gasteiger partial charge in [0.15, 0.2) is 5.16 Å². The number of rotatable bonds is 6. The van der Waals surface area contributed by atoms with Gasteiger partial charge in [-0.2, -0.15) is 0 Å². The van der Waals surface area contributed by atoms with Crippen LogP contribution < -0.4 is 5.56 Å². The number of thiophene rings is 1. The Kier molecular flexibility index (Phi) is 6.63. The van der Waals surface area contributed by atoms with E-state index in [1.54, 1.807) is 11.3 Å². The number of aryl methyl sites for hydroxylation is 1. The van der Waals surface area contributed by atoms with E-state index in [9.17, 15) is 9.59 Å². The van der Waals surface area contributed by atoms with Crippen molar-refractivity contribution in [1.82, 2.24) is 14.9 Å². The van der Waals surface area contributed by atoms with E-state index in [0.29, 0.717) is 22.9 Å². The van der Waals surface area contributed by atoms with Crippen LogP contribution in [-0.2, 0) is 11.2 Å². The fraction of sp³-hybridized carbons (Fsp3) is 0.650. The number of hydrogen-bond acceptors (Lipinski definition) is 5. The summed E-state index contributed by atoms with van der Waals surface area (Å²) in [5, 5.41) is 1.28. The van der Waals surface area contributed by atoms with Crippen LogP contribution >= 0.6 is 23.1 Å². The molecule has 0 saturated carbocycles. The van der Waals surface area contributed by atoms with Crippen molar-refractivity contribution in [3.63, 3.8) is 0 Å². The summed E-state index contributed by atoms with van der Waals surface area (Å²) in [6.07, 6.45) is 5.35. The van der Waals surface area contributed by atoms with E-state index in [1.807, 2.05) is 4.90 Å². The highest BCUT2D eigenvalue weighted by Gasteiger charge is 2.23. The van der Waals surface area contributed by atoms with Gasteiger partial charge in [-0.15, -0.1) is 11.3 Å². The second kappa shape index (κ2) is 8.78. The number of carbonyl (C=O) groups is 1. The van der Waals surface area contributed by atoms with Gasteiger partial charge >= 0.3 is 0 Å². The minimum atomic E-state index is -0.0797. The summed E-state index contributed by atoms with van der Waals surface area (Å²) >= 11 is 2.92. The molecule has 3 rings (SSSR count). The Morgan fingerprint density at radius 2 is 2.22 bits per heavy atom. The first kappa shape index (κ1) is 20.4. The van der Waals surface area contributed by atoms with Crippen LogP contribution in [0.15, 0.2) is 9.95 Å². The van der Waals surface area contributed by atoms with E-state index in [1.165, 1.54) is 23.1 Å². The van der Waals surface area contributed by atoms with Gasteiger partial charge in [-0.25, -0.2) is 4.98 Å². The van der Waals surface area contributed by atoms with Crippen LogP contribution in [0, 0.1) is 12.8 Å². The fourth-order valence-corrected chi connectivity index (χ4v) is 5.50. The molecule has 0 aliphatic carbocycles. The zero-order valence-electron chi connectivity index (χ0n) is 16.6. The quantitative estimate of drug-likeness (QED) is 0.570. The summed E-state index contributed by atoms with van der Waals surface area (Å²) in [5.41, 5.74) is 1.05. The molecule has 5 nitrogen and oxygen atoms in total. The number of piperidine rings is 1. The van der Waals surface area contributed by atoms with Crippen molar-refractivity contribution in [3.8, 4) is 0 Å². The first-order valence-corrected chi connectivity index (χ1v) is 11.7. The minimum absolute atomic E-state index is 0.0797. The Morgan fingerprint density at radius 3 is 2.93 bits per heavy atom. The van der Waals surface area contributed by atoms with Crippen LogP contribution in [-0.4, -0.2) is 39.1 Å². The third-order valence-electron chi connectivity index (χ3n) is 5.55. The number of amides is 1. The summed E-state index contributed by atoms with van der Waals surface area (Å²) in [5.74, 6) is 0.997. The summed E-state index contributed by atoms with van der Waals surface area (Å²) in [7, 11) is 0. The van der Waals surface area contributed by atoms with Crippen LogP contribution in [0.1, 0.15) is 56.9 Å². The summed E-state index contributed by atoms with van der Waals surface area (Å²) < 4.78 is 0. The van der Waals surface area contributed by atoms with Crippen LogP contribution in [0.2, 0.25) is 0 Å². The number of H-pyrrole nitrogens is 1. The smallest absolute Gasteiger partial charge is 0.260 e. The van der Waals surface area contributed by atoms with Gasteiger partial charge in [0.25, 0.3) is 5.56 Å². The maximum absolute atomic E-state index is 12.7. The van der Waals surface area contributed by atoms with Gasteiger partial charge in [0.1, 0.15) is 4.83 Å². The molecule has 0 radical (unpaired) electrons. The molecule has 0 unspecified atom stereocenters. The molecule has 1 fully saturated rings. The molecule has 148 valence electrons. The summed E-state index contributed by atoms with van der Waals surface area (Å²) in [6, 6.07) is 0.310. The Hall–Kier alpha value is -1.34. The molecule has 2 aromatic rings. The van der Waals surface area contributed by atoms with E-state index in [4.69, 9.17) is 0 Å². The lowest BCUT2D eigenvalue weighted by Crippen LogP contribution is -2.43. The standard InChI is InChI=1S/C20H29N3O2S2/c1-5-12(2)10-15-14(4)27-19-17(15)18(25)21-20(22-19)26-11-16(24)23-9-7-6-8-13(23)3/h12-13H,5-11H2,1-4H3,(H,21,22,25)/t12-,13-/m1/s1. The molecule has 1 N–H and O–H groups in total. The Bertz CT molecular complexity index is 874. The highest BCUT2D eigenvalue weighted by molar-refractivity contribution is 7.99. The van der Waals surface area contributed by atoms with E-state index >= 15 is 0 Å². The number of hydrogen-bond donors (Lipinski definition) is 1. The van der Waals surface area contributed by atoms with Crippen molar-refractivity contribution < 1.29 is 4.79 Å². The normalized spacial score (nSPS) is 18.8. The van der Waals surface area contributed by atoms with Gasteiger partial charge in [0, 0.05) is 17.5 Å². The molecule has 0 spiro atoms. The number of nitrogens with zero attached hydrogens (tertiary/aromatic N) is 2. The number of aromatic nitrogens is 2. The molecular formula is C20H29N3O2S2. The third-order valence-corrected chi connectivity index (χ3v) is 7.45. The molecule has 0 bridgehead atoms. The van der Waals surface area contributed by atoms with Gasteiger partial charge in [0.2, 0.25) is 5.91 Å². The Balaban J connectivity index is 1.76. The predicted octanol–water partition coefficient (Wildman–Crippen LogP) is 4.37. The number of carbonyl (C=O) groups excluding carboxylic acids is 1. The SMILES string of the molecule is CC[C@@H](C)Cc1c(C)sc2nc(SCC(=O)N3CCCC[C@H]3C)[nH]c(=O)c12. The minimum Gasteiger partial charge on any atom is -0.339 e. The topological polar surface area (TPSA) is 66.1 Å². The van der Waals surface area contributed by atoms with E-state index in [0.717, 1.165) is 48.0 Å². The summed E-state index contributed by atoms with van der Waals surface area (Å²) in [4.78, 5) is 36.7. The largest absolute Gasteiger partial charge is 0.339 e. The number of fused-ring (bicyclic) bond motifs is 1. The van der Waals surface area contributed by atoms with Gasteiger partial charge in [0.05, 0.1) is 11.1 Å². The van der Waals surface area contributed by atoms with Gasteiger partial charge in [-0.1, -0.05) is 32.0 Å². The molecule has 2 atom stereocenters. The molecule has 1 aliphatic heterocycles. The number of aromatic amines is 1. The van der Waals surface area contributed by atoms with Crippen molar-refractivity contribution in [1.29, 1.82) is 0 Å². The Morgan fingerprint density at radius 1 is 1.44 bits per heavy atom. The molecule has 27 heavy (non-hydrogen) atoms. The molecule has 3 heterocycles. The fourth-order valence-electron chi connectivity index (χ4n) is 3.64. The molecule has 0 aromatic carbocycles. The zero-order valence-corrected chi connectivity index (χ0v) is 18.3. The maximum atomic E-state index is 12.7. The summed E-state index contributed by atoms with van der Waals surface area (Å²) in [6.45, 7) is 9.40. The van der Waals surface area contributed by atoms with E-state index in [-0.39, 0.29) is 11.5 Å². The monoisotopic (exact) mass is 407 g/mol. The van der Waals surface area contributed by atoms with E-state index < -0.39 is 0 Å². The van der Waals surface area contributed by atoms with Gasteiger partial charge in [-0.05, 0) is 51.0 Å². The maximum Gasteiger partial charge on any atom is 0.260 e. The predicted molar refractivity (Wildman–Crippen MR) is 114 cm³/mol. The lowest BCUT2D eigenvalue weighted by Gasteiger charge is -2.33. The van der Waals surface area contributed by atoms with Crippen LogP contribution in [0.4, 0.5) is 0 Å². The molecule has 1 saturated heterocycles. The highest BCUT2D eigenvalue weighted by atomic mass is 32.2. The number of thioether (sulfide) groups is 1. The Labute approximate surface area is 169 Å². The van der Waals surface area contributed by atoms with Crippen molar-refractivity contribution in [3.05, 3.63) is 20.8 Å². The average molecular weight is 408 g/mol. The first-order chi connectivity index (χ1) is 12.9. The number of nitrogens with one attached hydrogen (secondary N) is 1. The van der Waals surface area contributed by atoms with Gasteiger partial charge in [-0.3, -0.25) is 9.59 Å². The van der Waals surface area contributed by atoms with Crippen LogP contribution in [0.25, 0.3) is 10.2 Å². The van der Waals surface area contributed by atoms with Crippen molar-refractivity contribution >= 4 is 39.2 Å². The van der Waals surface area contributed by atoms with Crippen LogP contribution in [0.5, 0.6) is 0 Å². The second-order valence-electron chi connectivity index (χ2n) is 7.63. The molecular weight excluding hydrogens is 378 g/mol. The first-order valence-electron chi connectivity index (χ1n) is 9.85.